The van der Waals surface area contributed by atoms with Crippen molar-refractivity contribution in [2.45, 2.75) is 57.8 Å². The maximum atomic E-state index is 11.7. The van der Waals surface area contributed by atoms with Gasteiger partial charge in [0.25, 0.3) is 0 Å². The van der Waals surface area contributed by atoms with Gasteiger partial charge in [0.2, 0.25) is 0 Å². The zero-order chi connectivity index (χ0) is 15.7. The summed E-state index contributed by atoms with van der Waals surface area (Å²) in [6.45, 7) is 4.32. The van der Waals surface area contributed by atoms with Crippen LogP contribution in [0.4, 0.5) is 0 Å². The Morgan fingerprint density at radius 1 is 1.32 bits per heavy atom. The highest BCUT2D eigenvalue weighted by molar-refractivity contribution is 6.02. The minimum atomic E-state index is -0.854. The van der Waals surface area contributed by atoms with E-state index in [9.17, 15) is 9.90 Å². The summed E-state index contributed by atoms with van der Waals surface area (Å²) in [4.78, 5) is 16.5. The number of benzene rings is 1. The molecule has 1 heterocycles. The number of carboxylic acids is 1. The van der Waals surface area contributed by atoms with E-state index in [1.165, 1.54) is 18.4 Å². The van der Waals surface area contributed by atoms with Crippen LogP contribution in [-0.2, 0) is 0 Å². The van der Waals surface area contributed by atoms with Crippen LogP contribution in [-0.4, -0.2) is 16.1 Å². The number of nitrogens with zero attached hydrogens (tertiary/aromatic N) is 1. The smallest absolute Gasteiger partial charge is 0.336 e. The first-order valence-electron chi connectivity index (χ1n) is 8.28. The second-order valence-electron chi connectivity index (χ2n) is 6.47. The average molecular weight is 297 g/mol. The Labute approximate surface area is 131 Å². The number of hydrogen-bond donors (Lipinski definition) is 1. The lowest BCUT2D eigenvalue weighted by molar-refractivity contribution is 0.0699. The highest BCUT2D eigenvalue weighted by Crippen LogP contribution is 2.35. The summed E-state index contributed by atoms with van der Waals surface area (Å²) in [5, 5.41) is 10.4. The molecule has 1 aromatic carbocycles. The van der Waals surface area contributed by atoms with E-state index in [-0.39, 0.29) is 0 Å². The lowest BCUT2D eigenvalue weighted by atomic mass is 9.94. The van der Waals surface area contributed by atoms with Gasteiger partial charge in [0.1, 0.15) is 0 Å². The molecule has 1 unspecified atom stereocenters. The number of aromatic nitrogens is 1. The van der Waals surface area contributed by atoms with Gasteiger partial charge < -0.3 is 5.11 Å². The van der Waals surface area contributed by atoms with Crippen LogP contribution in [0, 0.1) is 0 Å². The van der Waals surface area contributed by atoms with Crippen molar-refractivity contribution in [1.29, 1.82) is 0 Å². The molecule has 116 valence electrons. The minimum absolute atomic E-state index is 0.400. The Bertz CT molecular complexity index is 702. The molecule has 3 rings (SSSR count). The fourth-order valence-electron chi connectivity index (χ4n) is 3.41. The summed E-state index contributed by atoms with van der Waals surface area (Å²) in [5.74, 6) is 0.00486. The molecule has 0 radical (unpaired) electrons. The van der Waals surface area contributed by atoms with Gasteiger partial charge in [-0.1, -0.05) is 32.8 Å². The number of hydrogen-bond acceptors (Lipinski definition) is 2. The zero-order valence-corrected chi connectivity index (χ0v) is 13.3. The van der Waals surface area contributed by atoms with Crippen LogP contribution in [0.15, 0.2) is 24.3 Å². The zero-order valence-electron chi connectivity index (χ0n) is 13.3. The monoisotopic (exact) mass is 297 g/mol. The molecule has 3 heteroatoms. The third-order valence-corrected chi connectivity index (χ3v) is 5.04. The molecule has 0 bridgehead atoms. The van der Waals surface area contributed by atoms with Crippen LogP contribution in [0.5, 0.6) is 0 Å². The summed E-state index contributed by atoms with van der Waals surface area (Å²) in [6, 6.07) is 7.90. The predicted octanol–water partition coefficient (Wildman–Crippen LogP) is 5.10. The number of rotatable bonds is 4. The van der Waals surface area contributed by atoms with E-state index >= 15 is 0 Å². The van der Waals surface area contributed by atoms with Gasteiger partial charge >= 0.3 is 5.97 Å². The predicted molar refractivity (Wildman–Crippen MR) is 88.6 cm³/mol. The molecule has 1 atom stereocenters. The molecule has 2 aromatic rings. The van der Waals surface area contributed by atoms with Crippen LogP contribution in [0.3, 0.4) is 0 Å². The van der Waals surface area contributed by atoms with Crippen LogP contribution in [0.1, 0.15) is 79.4 Å². The van der Waals surface area contributed by atoms with Crippen molar-refractivity contribution in [2.24, 2.45) is 0 Å². The van der Waals surface area contributed by atoms with Gasteiger partial charge in [-0.15, -0.1) is 0 Å². The molecular formula is C19H23NO2. The van der Waals surface area contributed by atoms with Gasteiger partial charge in [-0.3, -0.25) is 4.98 Å². The normalized spacial score (nSPS) is 17.0. The van der Waals surface area contributed by atoms with Crippen LogP contribution in [0.25, 0.3) is 10.9 Å². The van der Waals surface area contributed by atoms with Crippen LogP contribution >= 0.6 is 0 Å². The van der Waals surface area contributed by atoms with E-state index in [0.717, 1.165) is 35.9 Å². The fourth-order valence-corrected chi connectivity index (χ4v) is 3.41. The molecule has 1 aromatic heterocycles. The van der Waals surface area contributed by atoms with E-state index < -0.39 is 5.97 Å². The number of pyridine rings is 1. The maximum Gasteiger partial charge on any atom is 0.336 e. The van der Waals surface area contributed by atoms with E-state index in [4.69, 9.17) is 4.98 Å². The fraction of sp³-hybridized carbons (Fsp3) is 0.474. The third kappa shape index (κ3) is 2.72. The number of carbonyl (C=O) groups is 1. The largest absolute Gasteiger partial charge is 0.478 e. The molecule has 3 nitrogen and oxygen atoms in total. The molecule has 1 aliphatic rings. The molecule has 1 aliphatic carbocycles. The van der Waals surface area contributed by atoms with E-state index in [1.54, 1.807) is 6.07 Å². The Hall–Kier alpha value is -1.90. The van der Waals surface area contributed by atoms with Crippen molar-refractivity contribution in [2.75, 3.05) is 0 Å². The van der Waals surface area contributed by atoms with E-state index in [1.807, 2.05) is 12.1 Å². The van der Waals surface area contributed by atoms with Crippen molar-refractivity contribution in [3.05, 3.63) is 41.1 Å². The van der Waals surface area contributed by atoms with Crippen molar-refractivity contribution in [3.63, 3.8) is 0 Å². The Balaban J connectivity index is 2.14. The number of fused-ring (bicyclic) bond motifs is 1. The highest BCUT2D eigenvalue weighted by atomic mass is 16.4. The Morgan fingerprint density at radius 3 is 2.68 bits per heavy atom. The Kier molecular flexibility index (Phi) is 4.14. The summed E-state index contributed by atoms with van der Waals surface area (Å²) in [6.07, 6.45) is 5.74. The maximum absolute atomic E-state index is 11.7. The summed E-state index contributed by atoms with van der Waals surface area (Å²) in [7, 11) is 0. The van der Waals surface area contributed by atoms with E-state index in [2.05, 4.69) is 19.9 Å². The van der Waals surface area contributed by atoms with Crippen LogP contribution in [0.2, 0.25) is 0 Å². The lowest BCUT2D eigenvalue weighted by Gasteiger charge is -2.14. The summed E-state index contributed by atoms with van der Waals surface area (Å²) in [5.41, 5.74) is 3.36. The van der Waals surface area contributed by atoms with Crippen molar-refractivity contribution < 1.29 is 9.90 Å². The van der Waals surface area contributed by atoms with Gasteiger partial charge in [0.05, 0.1) is 11.1 Å². The van der Waals surface area contributed by atoms with Gasteiger partial charge in [-0.05, 0) is 48.9 Å². The first-order valence-corrected chi connectivity index (χ1v) is 8.28. The molecule has 0 spiro atoms. The molecule has 1 N–H and O–H groups in total. The second-order valence-corrected chi connectivity index (χ2v) is 6.47. The standard InChI is InChI=1S/C19H23NO2/c1-3-12(2)14-8-9-17-15(10-14)16(19(21)22)11-18(20-17)13-6-4-5-7-13/h8-13H,3-7H2,1-2H3,(H,21,22). The average Bonchev–Trinajstić information content (AvgIpc) is 3.06. The molecule has 0 amide bonds. The van der Waals surface area contributed by atoms with Gasteiger partial charge in [0, 0.05) is 17.0 Å². The highest BCUT2D eigenvalue weighted by Gasteiger charge is 2.21. The van der Waals surface area contributed by atoms with Crippen molar-refractivity contribution in [3.8, 4) is 0 Å². The SMILES string of the molecule is CCC(C)c1ccc2nc(C3CCCC3)cc(C(=O)O)c2c1. The van der Waals surface area contributed by atoms with Gasteiger partial charge in [0.15, 0.2) is 0 Å². The molecule has 0 aliphatic heterocycles. The van der Waals surface area contributed by atoms with Crippen LogP contribution < -0.4 is 0 Å². The number of aromatic carboxylic acids is 1. The third-order valence-electron chi connectivity index (χ3n) is 5.04. The minimum Gasteiger partial charge on any atom is -0.478 e. The quantitative estimate of drug-likeness (QED) is 0.853. The molecule has 22 heavy (non-hydrogen) atoms. The first kappa shape index (κ1) is 15.0. The molecule has 1 fully saturated rings. The first-order chi connectivity index (χ1) is 10.6. The van der Waals surface area contributed by atoms with Gasteiger partial charge in [-0.2, -0.15) is 0 Å². The molecule has 1 saturated carbocycles. The summed E-state index contributed by atoms with van der Waals surface area (Å²) < 4.78 is 0. The topological polar surface area (TPSA) is 50.2 Å². The molecular weight excluding hydrogens is 274 g/mol. The number of carboxylic acid groups (broad SMARTS) is 1. The second kappa shape index (κ2) is 6.07. The molecule has 0 saturated heterocycles. The lowest BCUT2D eigenvalue weighted by Crippen LogP contribution is -2.05. The van der Waals surface area contributed by atoms with Gasteiger partial charge in [-0.25, -0.2) is 4.79 Å². The van der Waals surface area contributed by atoms with E-state index in [0.29, 0.717) is 17.4 Å². The summed E-state index contributed by atoms with van der Waals surface area (Å²) >= 11 is 0. The Morgan fingerprint density at radius 2 is 2.05 bits per heavy atom. The van der Waals surface area contributed by atoms with Crippen molar-refractivity contribution in [1.82, 2.24) is 4.98 Å². The van der Waals surface area contributed by atoms with Crippen molar-refractivity contribution >= 4 is 16.9 Å².